The van der Waals surface area contributed by atoms with E-state index in [4.69, 9.17) is 10.6 Å². The lowest BCUT2D eigenvalue weighted by atomic mass is 9.98. The van der Waals surface area contributed by atoms with E-state index in [1.807, 2.05) is 32.0 Å². The summed E-state index contributed by atoms with van der Waals surface area (Å²) in [6.45, 7) is 8.24. The van der Waals surface area contributed by atoms with Crippen LogP contribution in [0.1, 0.15) is 44.2 Å². The zero-order chi connectivity index (χ0) is 13.7. The molecule has 0 radical (unpaired) electrons. The number of ether oxygens (including phenoxy) is 1. The summed E-state index contributed by atoms with van der Waals surface area (Å²) in [6.07, 6.45) is 0.0351. The van der Waals surface area contributed by atoms with Crippen molar-refractivity contribution in [3.63, 3.8) is 0 Å². The van der Waals surface area contributed by atoms with Gasteiger partial charge in [0.2, 0.25) is 0 Å². The molecule has 18 heavy (non-hydrogen) atoms. The number of carbonyl (C=O) groups is 1. The van der Waals surface area contributed by atoms with Crippen LogP contribution < -0.4 is 16.0 Å². The van der Waals surface area contributed by atoms with Crippen LogP contribution in [-0.4, -0.2) is 12.0 Å². The first-order valence-corrected chi connectivity index (χ1v) is 6.27. The molecule has 0 aliphatic carbocycles. The van der Waals surface area contributed by atoms with E-state index in [9.17, 15) is 4.79 Å². The van der Waals surface area contributed by atoms with Crippen molar-refractivity contribution in [2.75, 3.05) is 0 Å². The summed E-state index contributed by atoms with van der Waals surface area (Å²) in [6, 6.07) is 5.90. The monoisotopic (exact) mass is 250 g/mol. The molecule has 0 bridgehead atoms. The average molecular weight is 250 g/mol. The molecular formula is C14H22N2O2. The zero-order valence-corrected chi connectivity index (χ0v) is 11.5. The number of benzene rings is 1. The predicted molar refractivity (Wildman–Crippen MR) is 72.3 cm³/mol. The minimum absolute atomic E-state index is 0.303. The second-order valence-corrected chi connectivity index (χ2v) is 4.70. The maximum Gasteiger partial charge on any atom is 0.274 e. The van der Waals surface area contributed by atoms with Crippen LogP contribution in [0.15, 0.2) is 18.2 Å². The van der Waals surface area contributed by atoms with E-state index in [0.717, 1.165) is 0 Å². The van der Waals surface area contributed by atoms with Gasteiger partial charge >= 0.3 is 0 Å². The second-order valence-electron chi connectivity index (χ2n) is 4.70. The highest BCUT2D eigenvalue weighted by molar-refractivity contribution is 5.80. The Hall–Kier alpha value is -1.55. The van der Waals surface area contributed by atoms with Gasteiger partial charge in [0.25, 0.3) is 5.91 Å². The van der Waals surface area contributed by atoms with Gasteiger partial charge in [0.1, 0.15) is 5.75 Å². The number of hydrogen-bond acceptors (Lipinski definition) is 3. The molecule has 100 valence electrons. The van der Waals surface area contributed by atoms with E-state index < -0.39 is 6.10 Å². The summed E-state index contributed by atoms with van der Waals surface area (Å²) in [4.78, 5) is 11.4. The normalized spacial score (nSPS) is 12.3. The van der Waals surface area contributed by atoms with Gasteiger partial charge in [-0.3, -0.25) is 10.2 Å². The van der Waals surface area contributed by atoms with Crippen molar-refractivity contribution in [3.05, 3.63) is 29.3 Å². The molecule has 0 aliphatic rings. The van der Waals surface area contributed by atoms with E-state index >= 15 is 0 Å². The first-order chi connectivity index (χ1) is 8.49. The minimum atomic E-state index is -0.542. The summed E-state index contributed by atoms with van der Waals surface area (Å²) in [5.74, 6) is 5.99. The van der Waals surface area contributed by atoms with Crippen LogP contribution in [0.4, 0.5) is 0 Å². The Morgan fingerprint density at radius 3 is 2.56 bits per heavy atom. The highest BCUT2D eigenvalue weighted by atomic mass is 16.5. The molecule has 0 fully saturated rings. The van der Waals surface area contributed by atoms with Gasteiger partial charge in [0.15, 0.2) is 6.10 Å². The molecule has 3 N–H and O–H groups in total. The molecule has 4 nitrogen and oxygen atoms in total. The van der Waals surface area contributed by atoms with Crippen LogP contribution in [-0.2, 0) is 4.79 Å². The van der Waals surface area contributed by atoms with E-state index in [1.165, 1.54) is 11.1 Å². The van der Waals surface area contributed by atoms with Crippen LogP contribution in [0.25, 0.3) is 0 Å². The lowest BCUT2D eigenvalue weighted by Crippen LogP contribution is -2.41. The van der Waals surface area contributed by atoms with Crippen LogP contribution in [0, 0.1) is 6.92 Å². The fraction of sp³-hybridized carbons (Fsp3) is 0.500. The molecule has 0 saturated heterocycles. The van der Waals surface area contributed by atoms with E-state index in [1.54, 1.807) is 0 Å². The van der Waals surface area contributed by atoms with Gasteiger partial charge in [-0.15, -0.1) is 0 Å². The van der Waals surface area contributed by atoms with Gasteiger partial charge in [-0.25, -0.2) is 5.84 Å². The largest absolute Gasteiger partial charge is 0.481 e. The SMILES string of the molecule is CCC(Oc1ccc(C(C)C)c(C)c1)C(=O)NN. The van der Waals surface area contributed by atoms with Gasteiger partial charge in [-0.1, -0.05) is 26.8 Å². The smallest absolute Gasteiger partial charge is 0.274 e. The van der Waals surface area contributed by atoms with Crippen LogP contribution >= 0.6 is 0 Å². The highest BCUT2D eigenvalue weighted by Gasteiger charge is 2.17. The van der Waals surface area contributed by atoms with E-state index in [2.05, 4.69) is 19.3 Å². The molecule has 1 amide bonds. The van der Waals surface area contributed by atoms with Gasteiger partial charge < -0.3 is 4.74 Å². The zero-order valence-electron chi connectivity index (χ0n) is 11.5. The van der Waals surface area contributed by atoms with Crippen molar-refractivity contribution < 1.29 is 9.53 Å². The van der Waals surface area contributed by atoms with Crippen LogP contribution in [0.5, 0.6) is 5.75 Å². The third-order valence-electron chi connectivity index (χ3n) is 2.95. The predicted octanol–water partition coefficient (Wildman–Crippen LogP) is 2.27. The molecule has 1 rings (SSSR count). The number of nitrogens with two attached hydrogens (primary N) is 1. The van der Waals surface area contributed by atoms with E-state index in [-0.39, 0.29) is 5.91 Å². The van der Waals surface area contributed by atoms with Crippen molar-refractivity contribution in [1.82, 2.24) is 5.43 Å². The van der Waals surface area contributed by atoms with Crippen molar-refractivity contribution in [2.45, 2.75) is 46.1 Å². The number of hydrazine groups is 1. The second kappa shape index (κ2) is 6.40. The van der Waals surface area contributed by atoms with Crippen LogP contribution in [0.2, 0.25) is 0 Å². The number of aryl methyl sites for hydroxylation is 1. The third kappa shape index (κ3) is 3.47. The molecule has 1 aromatic rings. The first kappa shape index (κ1) is 14.5. The topological polar surface area (TPSA) is 64.3 Å². The number of amides is 1. The quantitative estimate of drug-likeness (QED) is 0.478. The number of carbonyl (C=O) groups excluding carboxylic acids is 1. The van der Waals surface area contributed by atoms with E-state index in [0.29, 0.717) is 18.1 Å². The maximum absolute atomic E-state index is 11.4. The van der Waals surface area contributed by atoms with Gasteiger partial charge in [0.05, 0.1) is 0 Å². The summed E-state index contributed by atoms with van der Waals surface area (Å²) in [5, 5.41) is 0. The molecule has 1 aromatic carbocycles. The first-order valence-electron chi connectivity index (χ1n) is 6.27. The molecular weight excluding hydrogens is 228 g/mol. The van der Waals surface area contributed by atoms with Crippen molar-refractivity contribution in [3.8, 4) is 5.75 Å². The fourth-order valence-electron chi connectivity index (χ4n) is 1.95. The summed E-state index contributed by atoms with van der Waals surface area (Å²) in [5.41, 5.74) is 4.58. The Morgan fingerprint density at radius 1 is 1.44 bits per heavy atom. The maximum atomic E-state index is 11.4. The number of nitrogens with one attached hydrogen (secondary N) is 1. The Balaban J connectivity index is 2.85. The molecule has 0 aliphatic heterocycles. The highest BCUT2D eigenvalue weighted by Crippen LogP contribution is 2.24. The molecule has 0 aromatic heterocycles. The van der Waals surface area contributed by atoms with Crippen molar-refractivity contribution >= 4 is 5.91 Å². The lowest BCUT2D eigenvalue weighted by Gasteiger charge is -2.17. The Morgan fingerprint density at radius 2 is 2.11 bits per heavy atom. The minimum Gasteiger partial charge on any atom is -0.481 e. The number of hydrogen-bond donors (Lipinski definition) is 2. The third-order valence-corrected chi connectivity index (χ3v) is 2.95. The standard InChI is InChI=1S/C14H22N2O2/c1-5-13(14(17)16-15)18-11-6-7-12(9(2)3)10(4)8-11/h6-9,13H,5,15H2,1-4H3,(H,16,17). The Bertz CT molecular complexity index is 416. The van der Waals surface area contributed by atoms with Crippen LogP contribution in [0.3, 0.4) is 0 Å². The summed E-state index contributed by atoms with van der Waals surface area (Å²) in [7, 11) is 0. The molecule has 0 spiro atoms. The molecule has 1 atom stereocenters. The van der Waals surface area contributed by atoms with Crippen molar-refractivity contribution in [1.29, 1.82) is 0 Å². The fourth-order valence-corrected chi connectivity index (χ4v) is 1.95. The van der Waals surface area contributed by atoms with Gasteiger partial charge in [-0.05, 0) is 42.5 Å². The molecule has 0 heterocycles. The average Bonchev–Trinajstić information content (AvgIpc) is 2.34. The van der Waals surface area contributed by atoms with Gasteiger partial charge in [0, 0.05) is 0 Å². The summed E-state index contributed by atoms with van der Waals surface area (Å²) >= 11 is 0. The summed E-state index contributed by atoms with van der Waals surface area (Å²) < 4.78 is 5.64. The molecule has 1 unspecified atom stereocenters. The lowest BCUT2D eigenvalue weighted by molar-refractivity contribution is -0.128. The van der Waals surface area contributed by atoms with Gasteiger partial charge in [-0.2, -0.15) is 0 Å². The Kier molecular flexibility index (Phi) is 5.16. The molecule has 4 heteroatoms. The van der Waals surface area contributed by atoms with Crippen molar-refractivity contribution in [2.24, 2.45) is 5.84 Å². The number of rotatable bonds is 5. The molecule has 0 saturated carbocycles. The Labute approximate surface area is 108 Å².